The van der Waals surface area contributed by atoms with Crippen molar-refractivity contribution in [3.63, 3.8) is 0 Å². The first kappa shape index (κ1) is 10.2. The predicted octanol–water partition coefficient (Wildman–Crippen LogP) is 2.50. The van der Waals surface area contributed by atoms with Crippen LogP contribution >= 0.6 is 0 Å². The van der Waals surface area contributed by atoms with Crippen LogP contribution in [0.4, 0.5) is 0 Å². The van der Waals surface area contributed by atoms with Crippen molar-refractivity contribution in [2.24, 2.45) is 0 Å². The molecule has 86 valence electrons. The predicted molar refractivity (Wildman–Crippen MR) is 63.1 cm³/mol. The Bertz CT molecular complexity index is 522. The van der Waals surface area contributed by atoms with Crippen LogP contribution in [0.25, 0.3) is 0 Å². The summed E-state index contributed by atoms with van der Waals surface area (Å²) in [5, 5.41) is 10.2. The highest BCUT2D eigenvalue weighted by atomic mass is 16.7. The average molecular weight is 228 g/mol. The third-order valence-electron chi connectivity index (χ3n) is 2.83. The van der Waals surface area contributed by atoms with Crippen molar-refractivity contribution in [2.75, 3.05) is 6.79 Å². The van der Waals surface area contributed by atoms with Gasteiger partial charge in [-0.25, -0.2) is 0 Å². The Morgan fingerprint density at radius 3 is 2.47 bits per heavy atom. The number of hydrogen-bond acceptors (Lipinski definition) is 3. The van der Waals surface area contributed by atoms with E-state index in [1.165, 1.54) is 0 Å². The molecule has 0 fully saturated rings. The second-order valence-corrected chi connectivity index (χ2v) is 3.93. The van der Waals surface area contributed by atoms with Gasteiger partial charge < -0.3 is 14.6 Å². The van der Waals surface area contributed by atoms with Gasteiger partial charge in [0.25, 0.3) is 0 Å². The fraction of sp³-hybridized carbons (Fsp3) is 0.143. The number of fused-ring (bicyclic) bond motifs is 1. The van der Waals surface area contributed by atoms with Crippen LogP contribution in [-0.4, -0.2) is 11.9 Å². The zero-order valence-electron chi connectivity index (χ0n) is 9.17. The first-order chi connectivity index (χ1) is 8.34. The van der Waals surface area contributed by atoms with E-state index in [0.717, 1.165) is 16.9 Å². The first-order valence-corrected chi connectivity index (χ1v) is 5.47. The summed E-state index contributed by atoms with van der Waals surface area (Å²) in [7, 11) is 0. The molecule has 17 heavy (non-hydrogen) atoms. The molecule has 2 aromatic carbocycles. The second kappa shape index (κ2) is 4.11. The number of aliphatic hydroxyl groups excluding tert-OH is 1. The van der Waals surface area contributed by atoms with Crippen molar-refractivity contribution in [3.8, 4) is 11.5 Å². The highest BCUT2D eigenvalue weighted by Crippen LogP contribution is 2.35. The Labute approximate surface area is 99.2 Å². The maximum absolute atomic E-state index is 10.2. The van der Waals surface area contributed by atoms with Crippen molar-refractivity contribution >= 4 is 0 Å². The molecule has 1 aliphatic heterocycles. The zero-order valence-corrected chi connectivity index (χ0v) is 9.17. The van der Waals surface area contributed by atoms with Crippen molar-refractivity contribution in [3.05, 3.63) is 59.7 Å². The topological polar surface area (TPSA) is 38.7 Å². The fourth-order valence-electron chi connectivity index (χ4n) is 1.91. The maximum Gasteiger partial charge on any atom is 0.231 e. The number of aliphatic hydroxyl groups is 1. The molecule has 3 nitrogen and oxygen atoms in total. The summed E-state index contributed by atoms with van der Waals surface area (Å²) in [4.78, 5) is 0. The summed E-state index contributed by atoms with van der Waals surface area (Å²) in [5.74, 6) is 1.42. The first-order valence-electron chi connectivity index (χ1n) is 5.47. The standard InChI is InChI=1S/C14H12O3/c15-14(10-4-2-1-3-5-10)11-6-7-12-13(8-11)17-9-16-12/h1-8,14-15H,9H2. The van der Waals surface area contributed by atoms with Crippen LogP contribution < -0.4 is 9.47 Å². The minimum absolute atomic E-state index is 0.250. The average Bonchev–Trinajstić information content (AvgIpc) is 2.86. The van der Waals surface area contributed by atoms with E-state index in [0.29, 0.717) is 5.75 Å². The Morgan fingerprint density at radius 1 is 0.882 bits per heavy atom. The Kier molecular flexibility index (Phi) is 2.46. The SMILES string of the molecule is OC(c1ccccc1)c1ccc2c(c1)OCO2. The lowest BCUT2D eigenvalue weighted by Crippen LogP contribution is -1.99. The molecule has 0 aliphatic carbocycles. The van der Waals surface area contributed by atoms with E-state index >= 15 is 0 Å². The van der Waals surface area contributed by atoms with E-state index in [4.69, 9.17) is 9.47 Å². The van der Waals surface area contributed by atoms with Crippen LogP contribution in [0, 0.1) is 0 Å². The van der Waals surface area contributed by atoms with E-state index in [9.17, 15) is 5.11 Å². The third-order valence-corrected chi connectivity index (χ3v) is 2.83. The van der Waals surface area contributed by atoms with Gasteiger partial charge in [-0.2, -0.15) is 0 Å². The Morgan fingerprint density at radius 2 is 1.65 bits per heavy atom. The molecule has 1 unspecified atom stereocenters. The molecule has 0 spiro atoms. The van der Waals surface area contributed by atoms with Gasteiger partial charge in [-0.15, -0.1) is 0 Å². The summed E-state index contributed by atoms with van der Waals surface area (Å²) >= 11 is 0. The van der Waals surface area contributed by atoms with Crippen LogP contribution in [0.2, 0.25) is 0 Å². The molecule has 1 N–H and O–H groups in total. The minimum Gasteiger partial charge on any atom is -0.454 e. The number of benzene rings is 2. The molecule has 2 aromatic rings. The Hall–Kier alpha value is -2.00. The Balaban J connectivity index is 1.94. The van der Waals surface area contributed by atoms with Gasteiger partial charge >= 0.3 is 0 Å². The molecule has 0 amide bonds. The van der Waals surface area contributed by atoms with Crippen molar-refractivity contribution in [1.82, 2.24) is 0 Å². The molecular weight excluding hydrogens is 216 g/mol. The normalized spacial score (nSPS) is 14.6. The van der Waals surface area contributed by atoms with Gasteiger partial charge in [0.2, 0.25) is 6.79 Å². The molecule has 0 bridgehead atoms. The van der Waals surface area contributed by atoms with Gasteiger partial charge in [-0.1, -0.05) is 36.4 Å². The van der Waals surface area contributed by atoms with Crippen LogP contribution in [0.5, 0.6) is 11.5 Å². The van der Waals surface area contributed by atoms with Crippen molar-refractivity contribution in [1.29, 1.82) is 0 Å². The van der Waals surface area contributed by atoms with Crippen molar-refractivity contribution < 1.29 is 14.6 Å². The lowest BCUT2D eigenvalue weighted by molar-refractivity contribution is 0.173. The van der Waals surface area contributed by atoms with Gasteiger partial charge in [0, 0.05) is 0 Å². The third kappa shape index (κ3) is 1.85. The van der Waals surface area contributed by atoms with Gasteiger partial charge in [0.05, 0.1) is 0 Å². The van der Waals surface area contributed by atoms with Gasteiger partial charge in [0.1, 0.15) is 6.10 Å². The summed E-state index contributed by atoms with van der Waals surface area (Å²) in [6.45, 7) is 0.250. The summed E-state index contributed by atoms with van der Waals surface area (Å²) < 4.78 is 10.5. The number of rotatable bonds is 2. The zero-order chi connectivity index (χ0) is 11.7. The van der Waals surface area contributed by atoms with Gasteiger partial charge in [-0.05, 0) is 23.3 Å². The van der Waals surface area contributed by atoms with E-state index in [1.807, 2.05) is 48.5 Å². The highest BCUT2D eigenvalue weighted by molar-refractivity contribution is 5.46. The molecule has 1 aliphatic rings. The molecule has 1 atom stereocenters. The molecule has 3 heteroatoms. The van der Waals surface area contributed by atoms with Gasteiger partial charge in [0.15, 0.2) is 11.5 Å². The maximum atomic E-state index is 10.2. The lowest BCUT2D eigenvalue weighted by Gasteiger charge is -2.11. The van der Waals surface area contributed by atoms with E-state index < -0.39 is 6.10 Å². The number of hydrogen-bond donors (Lipinski definition) is 1. The number of ether oxygens (including phenoxy) is 2. The fourth-order valence-corrected chi connectivity index (χ4v) is 1.91. The smallest absolute Gasteiger partial charge is 0.231 e. The van der Waals surface area contributed by atoms with Crippen LogP contribution in [0.3, 0.4) is 0 Å². The summed E-state index contributed by atoms with van der Waals surface area (Å²) in [5.41, 5.74) is 1.67. The van der Waals surface area contributed by atoms with Crippen LogP contribution in [0.1, 0.15) is 17.2 Å². The van der Waals surface area contributed by atoms with Crippen LogP contribution in [0.15, 0.2) is 48.5 Å². The largest absolute Gasteiger partial charge is 0.454 e. The molecule has 0 saturated heterocycles. The minimum atomic E-state index is -0.634. The molecular formula is C14H12O3. The highest BCUT2D eigenvalue weighted by Gasteiger charge is 2.17. The van der Waals surface area contributed by atoms with Crippen molar-refractivity contribution in [2.45, 2.75) is 6.10 Å². The second-order valence-electron chi connectivity index (χ2n) is 3.93. The molecule has 0 radical (unpaired) electrons. The molecule has 1 heterocycles. The quantitative estimate of drug-likeness (QED) is 0.858. The van der Waals surface area contributed by atoms with E-state index in [2.05, 4.69) is 0 Å². The molecule has 3 rings (SSSR count). The molecule has 0 saturated carbocycles. The molecule has 0 aromatic heterocycles. The monoisotopic (exact) mass is 228 g/mol. The van der Waals surface area contributed by atoms with E-state index in [1.54, 1.807) is 0 Å². The van der Waals surface area contributed by atoms with E-state index in [-0.39, 0.29) is 6.79 Å². The summed E-state index contributed by atoms with van der Waals surface area (Å²) in [6, 6.07) is 15.0. The lowest BCUT2D eigenvalue weighted by atomic mass is 10.0. The van der Waals surface area contributed by atoms with Crippen LogP contribution in [-0.2, 0) is 0 Å². The summed E-state index contributed by atoms with van der Waals surface area (Å²) in [6.07, 6.45) is -0.634. The van der Waals surface area contributed by atoms with Gasteiger partial charge in [-0.3, -0.25) is 0 Å².